The number of fused-ring (bicyclic) bond motifs is 14. The molecule has 0 saturated carbocycles. The Bertz CT molecular complexity index is 2710. The topological polar surface area (TPSA) is 54.5 Å². The van der Waals surface area contributed by atoms with Crippen molar-refractivity contribution in [3.8, 4) is 17.2 Å². The monoisotopic (exact) mass is 564 g/mol. The zero-order valence-electron chi connectivity index (χ0n) is 24.1. The summed E-state index contributed by atoms with van der Waals surface area (Å²) in [4.78, 5) is 0. The molecular weight excluding hydrogens is 540 g/mol. The smallest absolute Gasteiger partial charge is 0.160 e. The van der Waals surface area contributed by atoms with Crippen LogP contribution in [0.1, 0.15) is 30.9 Å². The van der Waals surface area contributed by atoms with Crippen molar-refractivity contribution in [1.29, 1.82) is 5.26 Å². The van der Waals surface area contributed by atoms with E-state index in [0.29, 0.717) is 11.5 Å². The summed E-state index contributed by atoms with van der Waals surface area (Å²) < 4.78 is 15.7. The third-order valence-electron chi connectivity index (χ3n) is 9.52. The van der Waals surface area contributed by atoms with Crippen molar-refractivity contribution in [3.05, 3.63) is 114 Å². The van der Waals surface area contributed by atoms with Crippen LogP contribution < -0.4 is 0 Å². The predicted octanol–water partition coefficient (Wildman–Crippen LogP) is 11.3. The van der Waals surface area contributed by atoms with E-state index in [1.165, 1.54) is 5.56 Å². The van der Waals surface area contributed by atoms with Crippen LogP contribution in [0.25, 0.3) is 93.1 Å². The molecule has 0 aliphatic rings. The first-order valence-electron chi connectivity index (χ1n) is 15.0. The lowest BCUT2D eigenvalue weighted by molar-refractivity contribution is 0.670. The first-order valence-corrected chi connectivity index (χ1v) is 15.0. The molecule has 0 fully saturated rings. The Hall–Kier alpha value is -5.79. The van der Waals surface area contributed by atoms with Crippen LogP contribution in [-0.4, -0.2) is 4.40 Å². The maximum absolute atomic E-state index is 9.80. The third-order valence-corrected chi connectivity index (χ3v) is 9.52. The van der Waals surface area contributed by atoms with Crippen molar-refractivity contribution < 1.29 is 8.83 Å². The highest BCUT2D eigenvalue weighted by atomic mass is 16.3. The maximum Gasteiger partial charge on any atom is 0.160 e. The minimum absolute atomic E-state index is 0.306. The Kier molecular flexibility index (Phi) is 4.42. The Morgan fingerprint density at radius 2 is 1.11 bits per heavy atom. The number of para-hydroxylation sites is 2. The van der Waals surface area contributed by atoms with Crippen LogP contribution in [0.3, 0.4) is 0 Å². The van der Waals surface area contributed by atoms with E-state index in [1.807, 2.05) is 36.4 Å². The van der Waals surface area contributed by atoms with Crippen molar-refractivity contribution in [2.75, 3.05) is 0 Å². The van der Waals surface area contributed by atoms with Gasteiger partial charge in [0, 0.05) is 43.1 Å². The normalized spacial score (nSPS) is 12.5. The van der Waals surface area contributed by atoms with Gasteiger partial charge in [0.25, 0.3) is 0 Å². The van der Waals surface area contributed by atoms with Crippen LogP contribution in [-0.2, 0) is 0 Å². The molecule has 4 aromatic heterocycles. The second-order valence-electron chi connectivity index (χ2n) is 12.2. The number of rotatable bonds is 2. The number of aromatic nitrogens is 1. The van der Waals surface area contributed by atoms with Gasteiger partial charge in [-0.1, -0.05) is 68.4 Å². The Labute approximate surface area is 251 Å². The van der Waals surface area contributed by atoms with E-state index in [4.69, 9.17) is 8.83 Å². The first-order chi connectivity index (χ1) is 21.6. The summed E-state index contributed by atoms with van der Waals surface area (Å²) >= 11 is 0. The zero-order valence-corrected chi connectivity index (χ0v) is 24.1. The number of benzene rings is 6. The zero-order chi connectivity index (χ0) is 29.3. The van der Waals surface area contributed by atoms with Gasteiger partial charge in [-0.3, -0.25) is 0 Å². The summed E-state index contributed by atoms with van der Waals surface area (Å²) in [6, 6.07) is 38.4. The van der Waals surface area contributed by atoms with Crippen molar-refractivity contribution in [3.63, 3.8) is 0 Å². The fourth-order valence-electron chi connectivity index (χ4n) is 7.58. The molecule has 6 aromatic carbocycles. The molecule has 0 N–H and O–H groups in total. The maximum atomic E-state index is 9.80. The summed E-state index contributed by atoms with van der Waals surface area (Å²) in [5.74, 6) is 0.306. The number of nitrogens with zero attached hydrogens (tertiary/aromatic N) is 2. The highest BCUT2D eigenvalue weighted by molar-refractivity contribution is 6.32. The van der Waals surface area contributed by atoms with Crippen LogP contribution in [0.4, 0.5) is 0 Å². The number of hydrogen-bond donors (Lipinski definition) is 0. The van der Waals surface area contributed by atoms with E-state index in [9.17, 15) is 5.26 Å². The lowest BCUT2D eigenvalue weighted by atomic mass is 9.89. The molecule has 0 bridgehead atoms. The molecule has 10 rings (SSSR count). The molecule has 0 radical (unpaired) electrons. The third kappa shape index (κ3) is 2.86. The number of hydrogen-bond acceptors (Lipinski definition) is 3. The van der Waals surface area contributed by atoms with Crippen LogP contribution in [0.2, 0.25) is 0 Å². The van der Waals surface area contributed by atoms with Crippen molar-refractivity contribution in [1.82, 2.24) is 4.40 Å². The van der Waals surface area contributed by atoms with Gasteiger partial charge in [0.15, 0.2) is 11.2 Å². The number of nitriles is 1. The van der Waals surface area contributed by atoms with Gasteiger partial charge < -0.3 is 13.2 Å². The predicted molar refractivity (Wildman–Crippen MR) is 180 cm³/mol. The lowest BCUT2D eigenvalue weighted by Gasteiger charge is -2.14. The molecule has 0 atom stereocenters. The summed E-state index contributed by atoms with van der Waals surface area (Å²) in [5, 5.41) is 18.8. The SMILES string of the molecule is CC(C)c1ccc(C#N)cc1-c1cc2c3ccc4c5ccccc5oc4c3n3c2c(c1)c1ccc2c4ccccc4oc2c13. The standard InChI is InChI=1S/C40H24N2O2/c1-21(2)24-12-11-22(20-41)17-31(24)23-18-32-27-13-15-29-25-7-3-5-9-34(25)43-39(29)37(27)42-36(32)33(19-23)28-14-16-30-26-8-4-6-10-35(26)44-40(30)38(28)42/h3-19,21H,1-2H3. The van der Waals surface area contributed by atoms with Gasteiger partial charge in [-0.05, 0) is 71.1 Å². The van der Waals surface area contributed by atoms with Gasteiger partial charge in [0.05, 0.1) is 28.2 Å². The van der Waals surface area contributed by atoms with E-state index in [2.05, 4.69) is 91.0 Å². The Morgan fingerprint density at radius 3 is 1.66 bits per heavy atom. The van der Waals surface area contributed by atoms with E-state index in [-0.39, 0.29) is 0 Å². The van der Waals surface area contributed by atoms with Crippen molar-refractivity contribution in [2.45, 2.75) is 19.8 Å². The quantitative estimate of drug-likeness (QED) is 0.210. The van der Waals surface area contributed by atoms with Crippen LogP contribution in [0.15, 0.2) is 112 Å². The fourth-order valence-corrected chi connectivity index (χ4v) is 7.58. The van der Waals surface area contributed by atoms with Gasteiger partial charge in [0.1, 0.15) is 11.2 Å². The molecule has 4 heterocycles. The van der Waals surface area contributed by atoms with Gasteiger partial charge in [-0.25, -0.2) is 0 Å². The lowest BCUT2D eigenvalue weighted by Crippen LogP contribution is -1.93. The van der Waals surface area contributed by atoms with Gasteiger partial charge in [-0.2, -0.15) is 5.26 Å². The van der Waals surface area contributed by atoms with Crippen LogP contribution in [0.5, 0.6) is 0 Å². The molecule has 0 unspecified atom stereocenters. The molecule has 0 saturated heterocycles. The molecule has 206 valence electrons. The summed E-state index contributed by atoms with van der Waals surface area (Å²) in [6.45, 7) is 4.42. The second-order valence-corrected chi connectivity index (χ2v) is 12.2. The molecule has 0 amide bonds. The van der Waals surface area contributed by atoms with Gasteiger partial charge in [0.2, 0.25) is 0 Å². The minimum Gasteiger partial charge on any atom is -0.454 e. The molecule has 4 heteroatoms. The average molecular weight is 565 g/mol. The van der Waals surface area contributed by atoms with Gasteiger partial charge in [-0.15, -0.1) is 0 Å². The summed E-state index contributed by atoms with van der Waals surface area (Å²) in [7, 11) is 0. The largest absolute Gasteiger partial charge is 0.454 e. The second kappa shape index (κ2) is 8.18. The Balaban J connectivity index is 1.47. The van der Waals surface area contributed by atoms with Crippen LogP contribution in [0, 0.1) is 11.3 Å². The molecule has 0 aliphatic heterocycles. The first kappa shape index (κ1) is 23.7. The van der Waals surface area contributed by atoms with E-state index < -0.39 is 0 Å². The summed E-state index contributed by atoms with van der Waals surface area (Å²) in [5.41, 5.74) is 10.9. The average Bonchev–Trinajstić information content (AvgIpc) is 3.80. The molecule has 10 aromatic rings. The van der Waals surface area contributed by atoms with E-state index in [0.717, 1.165) is 93.1 Å². The highest BCUT2D eigenvalue weighted by Gasteiger charge is 2.25. The molecular formula is C40H24N2O2. The fraction of sp³-hybridized carbons (Fsp3) is 0.0750. The van der Waals surface area contributed by atoms with Crippen LogP contribution >= 0.6 is 0 Å². The highest BCUT2D eigenvalue weighted by Crippen LogP contribution is 2.48. The minimum atomic E-state index is 0.306. The van der Waals surface area contributed by atoms with Gasteiger partial charge >= 0.3 is 0 Å². The molecule has 0 spiro atoms. The summed E-state index contributed by atoms with van der Waals surface area (Å²) in [6.07, 6.45) is 0. The molecule has 0 aliphatic carbocycles. The number of furan rings is 2. The van der Waals surface area contributed by atoms with E-state index >= 15 is 0 Å². The van der Waals surface area contributed by atoms with E-state index in [1.54, 1.807) is 0 Å². The van der Waals surface area contributed by atoms with Crippen molar-refractivity contribution in [2.24, 2.45) is 0 Å². The Morgan fingerprint density at radius 1 is 0.568 bits per heavy atom. The molecule has 4 nitrogen and oxygen atoms in total. The molecule has 44 heavy (non-hydrogen) atoms. The van der Waals surface area contributed by atoms with Crippen molar-refractivity contribution >= 4 is 82.0 Å².